The summed E-state index contributed by atoms with van der Waals surface area (Å²) < 4.78 is 18.8. The molecule has 0 radical (unpaired) electrons. The number of nitrogens with zero attached hydrogens (tertiary/aromatic N) is 3. The van der Waals surface area contributed by atoms with Crippen LogP contribution in [-0.4, -0.2) is 35.0 Å². The summed E-state index contributed by atoms with van der Waals surface area (Å²) in [5.41, 5.74) is 0.598. The van der Waals surface area contributed by atoms with Gasteiger partial charge in [0, 0.05) is 5.92 Å². The lowest BCUT2D eigenvalue weighted by molar-refractivity contribution is -0.126. The van der Waals surface area contributed by atoms with Crippen LogP contribution in [0.1, 0.15) is 61.3 Å². The lowest BCUT2D eigenvalue weighted by Crippen LogP contribution is -2.36. The molecular weight excluding hydrogens is 335 g/mol. The maximum atomic E-state index is 13.5. The van der Waals surface area contributed by atoms with Crippen LogP contribution < -0.4 is 5.32 Å². The van der Waals surface area contributed by atoms with Gasteiger partial charge in [0.15, 0.2) is 5.82 Å². The molecule has 1 aromatic carbocycles. The van der Waals surface area contributed by atoms with Gasteiger partial charge in [-0.3, -0.25) is 9.69 Å². The van der Waals surface area contributed by atoms with E-state index in [1.54, 1.807) is 31.1 Å². The van der Waals surface area contributed by atoms with Crippen molar-refractivity contribution < 1.29 is 13.7 Å². The Morgan fingerprint density at radius 1 is 1.35 bits per heavy atom. The first-order valence-electron chi connectivity index (χ1n) is 9.06. The highest BCUT2D eigenvalue weighted by Crippen LogP contribution is 2.30. The van der Waals surface area contributed by atoms with Crippen LogP contribution in [0.2, 0.25) is 0 Å². The van der Waals surface area contributed by atoms with Crippen molar-refractivity contribution in [1.82, 2.24) is 20.4 Å². The van der Waals surface area contributed by atoms with Gasteiger partial charge in [0.25, 0.3) is 0 Å². The lowest BCUT2D eigenvalue weighted by Gasteiger charge is -2.23. The number of rotatable bonds is 6. The van der Waals surface area contributed by atoms with Crippen molar-refractivity contribution in [2.45, 2.75) is 50.6 Å². The predicted molar refractivity (Wildman–Crippen MR) is 94.8 cm³/mol. The fraction of sp³-hybridized carbons (Fsp3) is 0.526. The fourth-order valence-corrected chi connectivity index (χ4v) is 3.49. The molecule has 0 saturated heterocycles. The monoisotopic (exact) mass is 360 g/mol. The van der Waals surface area contributed by atoms with E-state index in [2.05, 4.69) is 15.5 Å². The van der Waals surface area contributed by atoms with Crippen molar-refractivity contribution >= 4 is 5.91 Å². The molecule has 1 aromatic heterocycles. The Morgan fingerprint density at radius 2 is 2.12 bits per heavy atom. The van der Waals surface area contributed by atoms with E-state index in [4.69, 9.17) is 4.52 Å². The van der Waals surface area contributed by atoms with Gasteiger partial charge in [-0.25, -0.2) is 4.39 Å². The standard InChI is InChI=1S/C19H25FN4O2/c1-24(2)17(14-9-6-10-15(20)11-14)19(25)21-12-16-22-18(23-26-16)13-7-4-3-5-8-13/h6,9-11,13,17H,3-5,7-8,12H2,1-2H3,(H,21,25). The third-order valence-electron chi connectivity index (χ3n) is 4.80. The minimum atomic E-state index is -0.591. The molecule has 0 bridgehead atoms. The van der Waals surface area contributed by atoms with Gasteiger partial charge in [0.1, 0.15) is 11.9 Å². The Morgan fingerprint density at radius 3 is 2.81 bits per heavy atom. The normalized spacial score (nSPS) is 16.6. The molecule has 1 amide bonds. The Labute approximate surface area is 152 Å². The van der Waals surface area contributed by atoms with Crippen LogP contribution >= 0.6 is 0 Å². The van der Waals surface area contributed by atoms with Gasteiger partial charge in [0.05, 0.1) is 6.54 Å². The van der Waals surface area contributed by atoms with Crippen molar-refractivity contribution in [3.63, 3.8) is 0 Å². The summed E-state index contributed by atoms with van der Waals surface area (Å²) in [7, 11) is 3.56. The number of hydrogen-bond acceptors (Lipinski definition) is 5. The first-order valence-corrected chi connectivity index (χ1v) is 9.06. The molecule has 2 aromatic rings. The van der Waals surface area contributed by atoms with Crippen LogP contribution in [0.15, 0.2) is 28.8 Å². The largest absolute Gasteiger partial charge is 0.345 e. The van der Waals surface area contributed by atoms with Crippen molar-refractivity contribution in [3.05, 3.63) is 47.4 Å². The average Bonchev–Trinajstić information content (AvgIpc) is 3.10. The molecule has 3 rings (SSSR count). The maximum absolute atomic E-state index is 13.5. The Bertz CT molecular complexity index is 741. The number of amides is 1. The third-order valence-corrected chi connectivity index (χ3v) is 4.80. The van der Waals surface area contributed by atoms with Crippen molar-refractivity contribution in [2.75, 3.05) is 14.1 Å². The van der Waals surface area contributed by atoms with E-state index >= 15 is 0 Å². The van der Waals surface area contributed by atoms with Crippen LogP contribution in [0.4, 0.5) is 4.39 Å². The molecular formula is C19H25FN4O2. The van der Waals surface area contributed by atoms with Crippen LogP contribution in [0.25, 0.3) is 0 Å². The molecule has 7 heteroatoms. The quantitative estimate of drug-likeness (QED) is 0.857. The van der Waals surface area contributed by atoms with Gasteiger partial charge < -0.3 is 9.84 Å². The second-order valence-electron chi connectivity index (χ2n) is 7.02. The highest BCUT2D eigenvalue weighted by Gasteiger charge is 2.25. The van der Waals surface area contributed by atoms with Crippen molar-refractivity contribution in [1.29, 1.82) is 0 Å². The number of hydrogen-bond donors (Lipinski definition) is 1. The number of benzene rings is 1. The zero-order chi connectivity index (χ0) is 18.5. The van der Waals surface area contributed by atoms with Crippen molar-refractivity contribution in [3.8, 4) is 0 Å². The summed E-state index contributed by atoms with van der Waals surface area (Å²) >= 11 is 0. The summed E-state index contributed by atoms with van der Waals surface area (Å²) in [6.07, 6.45) is 5.84. The molecule has 1 unspecified atom stereocenters. The number of carbonyl (C=O) groups is 1. The second kappa shape index (κ2) is 8.40. The third kappa shape index (κ3) is 4.46. The first kappa shape index (κ1) is 18.5. The number of carbonyl (C=O) groups excluding carboxylic acids is 1. The van der Waals surface area contributed by atoms with Crippen LogP contribution in [-0.2, 0) is 11.3 Å². The molecule has 0 aliphatic heterocycles. The maximum Gasteiger partial charge on any atom is 0.246 e. The highest BCUT2D eigenvalue weighted by atomic mass is 19.1. The smallest absolute Gasteiger partial charge is 0.246 e. The van der Waals surface area contributed by atoms with Crippen LogP contribution in [0.5, 0.6) is 0 Å². The minimum Gasteiger partial charge on any atom is -0.345 e. The zero-order valence-corrected chi connectivity index (χ0v) is 15.2. The predicted octanol–water partition coefficient (Wildman–Crippen LogP) is 3.18. The van der Waals surface area contributed by atoms with Gasteiger partial charge in [-0.2, -0.15) is 4.98 Å². The van der Waals surface area contributed by atoms with Crippen LogP contribution in [0, 0.1) is 5.82 Å². The molecule has 6 nitrogen and oxygen atoms in total. The van der Waals surface area contributed by atoms with Crippen molar-refractivity contribution in [2.24, 2.45) is 0 Å². The Balaban J connectivity index is 1.62. The number of halogens is 1. The molecule has 0 spiro atoms. The van der Waals surface area contributed by atoms with Gasteiger partial charge in [-0.15, -0.1) is 0 Å². The summed E-state index contributed by atoms with van der Waals surface area (Å²) in [4.78, 5) is 18.8. The minimum absolute atomic E-state index is 0.165. The Hall–Kier alpha value is -2.28. The van der Waals surface area contributed by atoms with E-state index in [9.17, 15) is 9.18 Å². The lowest BCUT2D eigenvalue weighted by atomic mass is 9.89. The van der Waals surface area contributed by atoms with Gasteiger partial charge in [-0.1, -0.05) is 36.6 Å². The molecule has 1 aliphatic carbocycles. The molecule has 1 aliphatic rings. The topological polar surface area (TPSA) is 71.3 Å². The molecule has 1 saturated carbocycles. The van der Waals surface area contributed by atoms with E-state index in [0.29, 0.717) is 17.4 Å². The SMILES string of the molecule is CN(C)C(C(=O)NCc1nc(C2CCCCC2)no1)c1cccc(F)c1. The van der Waals surface area contributed by atoms with E-state index < -0.39 is 6.04 Å². The average molecular weight is 360 g/mol. The summed E-state index contributed by atoms with van der Waals surface area (Å²) in [6, 6.07) is 5.48. The molecule has 1 atom stereocenters. The van der Waals surface area contributed by atoms with Gasteiger partial charge in [0.2, 0.25) is 11.8 Å². The fourth-order valence-electron chi connectivity index (χ4n) is 3.49. The summed E-state index contributed by atoms with van der Waals surface area (Å²) in [5, 5.41) is 6.89. The van der Waals surface area contributed by atoms with Gasteiger partial charge in [-0.05, 0) is 44.6 Å². The van der Waals surface area contributed by atoms with E-state index in [0.717, 1.165) is 18.7 Å². The highest BCUT2D eigenvalue weighted by molar-refractivity contribution is 5.83. The van der Waals surface area contributed by atoms with E-state index in [1.807, 2.05) is 0 Å². The van der Waals surface area contributed by atoms with Gasteiger partial charge >= 0.3 is 0 Å². The second-order valence-corrected chi connectivity index (χ2v) is 7.02. The summed E-state index contributed by atoms with van der Waals surface area (Å²) in [6.45, 7) is 0.165. The molecule has 1 fully saturated rings. The molecule has 1 N–H and O–H groups in total. The molecule has 1 heterocycles. The number of likely N-dealkylation sites (N-methyl/N-ethyl adjacent to an activating group) is 1. The first-order chi connectivity index (χ1) is 12.5. The number of aromatic nitrogens is 2. The van der Waals surface area contributed by atoms with E-state index in [-0.39, 0.29) is 18.3 Å². The summed E-state index contributed by atoms with van der Waals surface area (Å²) in [5.74, 6) is 0.895. The van der Waals surface area contributed by atoms with Crippen LogP contribution in [0.3, 0.4) is 0 Å². The molecule has 140 valence electrons. The molecule has 26 heavy (non-hydrogen) atoms. The Kier molecular flexibility index (Phi) is 5.98. The zero-order valence-electron chi connectivity index (χ0n) is 15.2. The van der Waals surface area contributed by atoms with E-state index in [1.165, 1.54) is 31.4 Å². The number of nitrogens with one attached hydrogen (secondary N) is 1.